The van der Waals surface area contributed by atoms with Gasteiger partial charge in [0.1, 0.15) is 11.8 Å². The van der Waals surface area contributed by atoms with Crippen molar-refractivity contribution >= 4 is 29.2 Å². The van der Waals surface area contributed by atoms with Crippen molar-refractivity contribution in [2.24, 2.45) is 4.40 Å². The number of nitrogens with zero attached hydrogens (tertiary/aromatic N) is 3. The van der Waals surface area contributed by atoms with Crippen LogP contribution in [0.3, 0.4) is 0 Å². The Hall–Kier alpha value is -2.69. The molecule has 2 heterocycles. The average Bonchev–Trinajstić information content (AvgIpc) is 2.72. The molecule has 1 atom stereocenters. The van der Waals surface area contributed by atoms with Crippen LogP contribution in [-0.2, 0) is 9.53 Å². The zero-order chi connectivity index (χ0) is 22.8. The van der Waals surface area contributed by atoms with E-state index in [0.717, 1.165) is 36.8 Å². The van der Waals surface area contributed by atoms with E-state index in [1.807, 2.05) is 33.8 Å². The number of aliphatic carboxylic acids is 1. The van der Waals surface area contributed by atoms with Crippen LogP contribution >= 0.6 is 11.9 Å². The minimum Gasteiger partial charge on any atom is -0.479 e. The number of ether oxygens (including phenoxy) is 1. The molecule has 31 heavy (non-hydrogen) atoms. The second-order valence-electron chi connectivity index (χ2n) is 8.64. The zero-order valence-corrected chi connectivity index (χ0v) is 19.2. The molecule has 1 unspecified atom stereocenters. The van der Waals surface area contributed by atoms with Crippen LogP contribution in [0.4, 0.5) is 0 Å². The fourth-order valence-corrected chi connectivity index (χ4v) is 4.73. The summed E-state index contributed by atoms with van der Waals surface area (Å²) in [4.78, 5) is 17.8. The number of hydrogen-bond acceptors (Lipinski definition) is 6. The number of aromatic nitrogens is 1. The predicted molar refractivity (Wildman–Crippen MR) is 123 cm³/mol. The molecule has 0 aromatic carbocycles. The molecular formula is C24H27N3O3S. The molecule has 0 fully saturated rings. The van der Waals surface area contributed by atoms with E-state index >= 15 is 0 Å². The van der Waals surface area contributed by atoms with Crippen LogP contribution in [0.2, 0.25) is 0 Å². The molecule has 1 aromatic heterocycles. The minimum absolute atomic E-state index is 0.293. The summed E-state index contributed by atoms with van der Waals surface area (Å²) in [6.45, 7) is 11.7. The lowest BCUT2D eigenvalue weighted by Crippen LogP contribution is -2.37. The molecule has 2 aliphatic rings. The van der Waals surface area contributed by atoms with Gasteiger partial charge in [-0.3, -0.25) is 0 Å². The van der Waals surface area contributed by atoms with Crippen LogP contribution in [0, 0.1) is 11.3 Å². The van der Waals surface area contributed by atoms with E-state index < -0.39 is 17.7 Å². The third-order valence-corrected chi connectivity index (χ3v) is 6.20. The van der Waals surface area contributed by atoms with Crippen molar-refractivity contribution < 1.29 is 14.6 Å². The van der Waals surface area contributed by atoms with E-state index in [1.165, 1.54) is 16.9 Å². The normalized spacial score (nSPS) is 18.5. The van der Waals surface area contributed by atoms with E-state index in [2.05, 4.69) is 16.0 Å². The summed E-state index contributed by atoms with van der Waals surface area (Å²) in [5.41, 5.74) is 3.93. The summed E-state index contributed by atoms with van der Waals surface area (Å²) in [5.74, 6) is -1.09. The number of hydrogen-bond donors (Lipinski definition) is 1. The molecule has 1 N–H and O–H groups in total. The highest BCUT2D eigenvalue weighted by molar-refractivity contribution is 8.02. The lowest BCUT2D eigenvalue weighted by molar-refractivity contribution is -0.155. The Bertz CT molecular complexity index is 1040. The van der Waals surface area contributed by atoms with Gasteiger partial charge in [0.15, 0.2) is 6.10 Å². The number of pyridine rings is 1. The van der Waals surface area contributed by atoms with Crippen LogP contribution in [0.15, 0.2) is 50.9 Å². The summed E-state index contributed by atoms with van der Waals surface area (Å²) in [6, 6.07) is 5.44. The highest BCUT2D eigenvalue weighted by atomic mass is 32.2. The second kappa shape index (κ2) is 9.21. The maximum absolute atomic E-state index is 12.4. The largest absolute Gasteiger partial charge is 0.479 e. The number of carboxylic acids is 1. The molecule has 0 amide bonds. The van der Waals surface area contributed by atoms with Gasteiger partial charge in [-0.25, -0.2) is 14.2 Å². The van der Waals surface area contributed by atoms with Crippen LogP contribution in [0.25, 0.3) is 5.57 Å². The molecule has 1 aliphatic carbocycles. The van der Waals surface area contributed by atoms with Crippen LogP contribution < -0.4 is 0 Å². The monoisotopic (exact) mass is 437 g/mol. The van der Waals surface area contributed by atoms with Gasteiger partial charge in [-0.1, -0.05) is 6.58 Å². The summed E-state index contributed by atoms with van der Waals surface area (Å²) < 4.78 is 10.7. The quantitative estimate of drug-likeness (QED) is 0.627. The molecule has 0 saturated carbocycles. The molecule has 0 radical (unpaired) electrons. The second-order valence-corrected chi connectivity index (χ2v) is 9.49. The first kappa shape index (κ1) is 23.0. The molecule has 162 valence electrons. The smallest absolute Gasteiger partial charge is 0.337 e. The number of carboxylic acid groups (broad SMARTS) is 1. The van der Waals surface area contributed by atoms with E-state index in [9.17, 15) is 9.90 Å². The van der Waals surface area contributed by atoms with Gasteiger partial charge in [0.25, 0.3) is 0 Å². The lowest BCUT2D eigenvalue weighted by atomic mass is 9.82. The molecule has 0 saturated heterocycles. The molecule has 1 aliphatic heterocycles. The fourth-order valence-electron chi connectivity index (χ4n) is 3.81. The molecular weight excluding hydrogens is 410 g/mol. The average molecular weight is 438 g/mol. The molecule has 7 heteroatoms. The van der Waals surface area contributed by atoms with Crippen molar-refractivity contribution in [3.63, 3.8) is 0 Å². The first-order chi connectivity index (χ1) is 14.6. The van der Waals surface area contributed by atoms with Crippen molar-refractivity contribution in [3.8, 4) is 6.07 Å². The summed E-state index contributed by atoms with van der Waals surface area (Å²) in [7, 11) is 0. The molecule has 3 rings (SSSR count). The van der Waals surface area contributed by atoms with Gasteiger partial charge in [-0.15, -0.1) is 0 Å². The Labute approximate surface area is 187 Å². The van der Waals surface area contributed by atoms with Crippen LogP contribution in [0.1, 0.15) is 64.6 Å². The zero-order valence-electron chi connectivity index (χ0n) is 18.4. The van der Waals surface area contributed by atoms with Crippen molar-refractivity contribution in [2.45, 2.75) is 65.1 Å². The van der Waals surface area contributed by atoms with E-state index in [-0.39, 0.29) is 0 Å². The van der Waals surface area contributed by atoms with Gasteiger partial charge in [0, 0.05) is 34.2 Å². The Balaban J connectivity index is 2.32. The first-order valence-electron chi connectivity index (χ1n) is 10.3. The summed E-state index contributed by atoms with van der Waals surface area (Å²) >= 11 is 1.41. The van der Waals surface area contributed by atoms with Crippen molar-refractivity contribution in [3.05, 3.63) is 57.8 Å². The SMILES string of the molecule is C=C1C2=C(CCCC2)SN=C(C)C(C(OC(C)(C)C)C(=O)O)=C1c1ccc(C#N)nc1. The van der Waals surface area contributed by atoms with Gasteiger partial charge in [0.2, 0.25) is 0 Å². The predicted octanol–water partition coefficient (Wildman–Crippen LogP) is 5.48. The molecule has 1 aromatic rings. The van der Waals surface area contributed by atoms with E-state index in [0.29, 0.717) is 28.1 Å². The Kier molecular flexibility index (Phi) is 6.83. The van der Waals surface area contributed by atoms with Crippen LogP contribution in [0.5, 0.6) is 0 Å². The van der Waals surface area contributed by atoms with Crippen LogP contribution in [-0.4, -0.2) is 33.5 Å². The Morgan fingerprint density at radius 3 is 2.61 bits per heavy atom. The summed E-state index contributed by atoms with van der Waals surface area (Å²) in [5, 5.41) is 19.3. The molecule has 0 spiro atoms. The Morgan fingerprint density at radius 2 is 2.03 bits per heavy atom. The maximum Gasteiger partial charge on any atom is 0.337 e. The Morgan fingerprint density at radius 1 is 1.32 bits per heavy atom. The number of nitriles is 1. The van der Waals surface area contributed by atoms with Gasteiger partial charge in [-0.2, -0.15) is 5.26 Å². The van der Waals surface area contributed by atoms with Gasteiger partial charge in [-0.05, 0) is 82.2 Å². The molecule has 6 nitrogen and oxygen atoms in total. The number of allylic oxidation sites excluding steroid dienone is 4. The third kappa shape index (κ3) is 5.15. The number of carbonyl (C=O) groups is 1. The van der Waals surface area contributed by atoms with E-state index in [4.69, 9.17) is 10.00 Å². The standard InChI is InChI=1S/C24H27N3O3S/c1-14-18-8-6-7-9-19(18)31-27-15(2)21(22(23(28)29)30-24(3,4)5)20(14)16-10-11-17(12-25)26-13-16/h10-11,13,22H,1,6-9H2,2-5H3,(H,28,29). The van der Waals surface area contributed by atoms with Crippen molar-refractivity contribution in [1.82, 2.24) is 4.98 Å². The highest BCUT2D eigenvalue weighted by Gasteiger charge is 2.35. The van der Waals surface area contributed by atoms with Gasteiger partial charge in [0.05, 0.1) is 11.3 Å². The minimum atomic E-state index is -1.22. The van der Waals surface area contributed by atoms with Crippen molar-refractivity contribution in [2.75, 3.05) is 0 Å². The van der Waals surface area contributed by atoms with Crippen molar-refractivity contribution in [1.29, 1.82) is 5.26 Å². The maximum atomic E-state index is 12.4. The first-order valence-corrected chi connectivity index (χ1v) is 11.0. The van der Waals surface area contributed by atoms with Gasteiger partial charge < -0.3 is 9.84 Å². The fraction of sp³-hybridized carbons (Fsp3) is 0.417. The molecule has 0 bridgehead atoms. The highest BCUT2D eigenvalue weighted by Crippen LogP contribution is 2.44. The topological polar surface area (TPSA) is 95.6 Å². The lowest BCUT2D eigenvalue weighted by Gasteiger charge is -2.31. The third-order valence-electron chi connectivity index (χ3n) is 5.16. The summed E-state index contributed by atoms with van der Waals surface area (Å²) in [6.07, 6.45) is 4.33. The van der Waals surface area contributed by atoms with E-state index in [1.54, 1.807) is 18.3 Å². The van der Waals surface area contributed by atoms with Gasteiger partial charge >= 0.3 is 5.97 Å². The number of rotatable bonds is 4.